The summed E-state index contributed by atoms with van der Waals surface area (Å²) in [4.78, 5) is 14.4. The van der Waals surface area contributed by atoms with Gasteiger partial charge in [0, 0.05) is 25.3 Å². The minimum Gasteiger partial charge on any atom is -0.309 e. The molecule has 0 radical (unpaired) electrons. The van der Waals surface area contributed by atoms with Crippen molar-refractivity contribution < 1.29 is 13.6 Å². The summed E-state index contributed by atoms with van der Waals surface area (Å²) in [7, 11) is 0. The maximum absolute atomic E-state index is 13.3. The van der Waals surface area contributed by atoms with Crippen LogP contribution in [0.3, 0.4) is 0 Å². The molecular formula is C11H10F2N4O. The number of aromatic nitrogens is 3. The predicted octanol–water partition coefficient (Wildman–Crippen LogP) is 1.56. The molecule has 0 unspecified atom stereocenters. The molecule has 0 fully saturated rings. The van der Waals surface area contributed by atoms with E-state index in [1.165, 1.54) is 11.6 Å². The van der Waals surface area contributed by atoms with Crippen molar-refractivity contribution in [2.45, 2.75) is 13.5 Å². The zero-order valence-corrected chi connectivity index (χ0v) is 9.52. The first-order valence-corrected chi connectivity index (χ1v) is 5.15. The molecule has 5 nitrogen and oxygen atoms in total. The zero-order valence-electron chi connectivity index (χ0n) is 9.52. The molecule has 0 aliphatic rings. The summed E-state index contributed by atoms with van der Waals surface area (Å²) in [6.45, 7) is 1.42. The van der Waals surface area contributed by atoms with E-state index < -0.39 is 11.6 Å². The highest BCUT2D eigenvalue weighted by atomic mass is 19.1. The highest BCUT2D eigenvalue weighted by Crippen LogP contribution is 2.09. The van der Waals surface area contributed by atoms with Gasteiger partial charge in [0.05, 0.1) is 18.4 Å². The monoisotopic (exact) mass is 252 g/mol. The van der Waals surface area contributed by atoms with Gasteiger partial charge < -0.3 is 5.32 Å². The summed E-state index contributed by atoms with van der Waals surface area (Å²) in [6.07, 6.45) is 2.51. The van der Waals surface area contributed by atoms with E-state index in [1.54, 1.807) is 12.3 Å². The van der Waals surface area contributed by atoms with E-state index in [-0.39, 0.29) is 18.1 Å². The number of carbonyl (C=O) groups excluding carboxylic acids is 1. The van der Waals surface area contributed by atoms with Crippen LogP contribution in [0.1, 0.15) is 12.6 Å². The summed E-state index contributed by atoms with van der Waals surface area (Å²) in [5.41, 5.74) is 0.0777. The van der Waals surface area contributed by atoms with E-state index in [0.29, 0.717) is 5.82 Å². The summed E-state index contributed by atoms with van der Waals surface area (Å²) in [5.74, 6) is -1.33. The Hall–Kier alpha value is -2.31. The molecule has 0 saturated carbocycles. The lowest BCUT2D eigenvalue weighted by Crippen LogP contribution is -2.09. The zero-order chi connectivity index (χ0) is 13.1. The number of hydrogen-bond donors (Lipinski definition) is 1. The largest absolute Gasteiger partial charge is 0.309 e. The van der Waals surface area contributed by atoms with Gasteiger partial charge in [-0.25, -0.2) is 8.78 Å². The smallest absolute Gasteiger partial charge is 0.222 e. The van der Waals surface area contributed by atoms with E-state index in [4.69, 9.17) is 0 Å². The summed E-state index contributed by atoms with van der Waals surface area (Å²) in [6, 6.07) is 2.34. The quantitative estimate of drug-likeness (QED) is 0.901. The topological polar surface area (TPSA) is 59.8 Å². The normalized spacial score (nSPS) is 10.4. The van der Waals surface area contributed by atoms with Gasteiger partial charge in [-0.15, -0.1) is 0 Å². The molecular weight excluding hydrogens is 242 g/mol. The minimum absolute atomic E-state index is 0.0612. The van der Waals surface area contributed by atoms with E-state index in [1.807, 2.05) is 0 Å². The molecule has 0 aliphatic carbocycles. The van der Waals surface area contributed by atoms with Crippen LogP contribution in [0.25, 0.3) is 0 Å². The molecule has 2 rings (SSSR count). The van der Waals surface area contributed by atoms with Gasteiger partial charge in [0.2, 0.25) is 5.91 Å². The molecule has 2 heterocycles. The van der Waals surface area contributed by atoms with Gasteiger partial charge in [0.25, 0.3) is 0 Å². The number of nitrogens with zero attached hydrogens (tertiary/aromatic N) is 3. The third-order valence-corrected chi connectivity index (χ3v) is 2.14. The molecule has 18 heavy (non-hydrogen) atoms. The van der Waals surface area contributed by atoms with Crippen molar-refractivity contribution in [1.82, 2.24) is 14.8 Å². The number of hydrogen-bond acceptors (Lipinski definition) is 3. The second-order valence-corrected chi connectivity index (χ2v) is 3.66. The van der Waals surface area contributed by atoms with Crippen LogP contribution < -0.4 is 5.32 Å². The number of anilines is 1. The van der Waals surface area contributed by atoms with E-state index >= 15 is 0 Å². The highest BCUT2D eigenvalue weighted by molar-refractivity contribution is 5.87. The van der Waals surface area contributed by atoms with E-state index in [2.05, 4.69) is 15.4 Å². The van der Waals surface area contributed by atoms with Gasteiger partial charge in [0.1, 0.15) is 11.6 Å². The third-order valence-electron chi connectivity index (χ3n) is 2.14. The van der Waals surface area contributed by atoms with Crippen molar-refractivity contribution in [2.75, 3.05) is 5.32 Å². The van der Waals surface area contributed by atoms with Crippen LogP contribution in [-0.4, -0.2) is 20.7 Å². The fourth-order valence-electron chi connectivity index (χ4n) is 1.41. The number of rotatable bonds is 3. The van der Waals surface area contributed by atoms with E-state index in [9.17, 15) is 13.6 Å². The van der Waals surface area contributed by atoms with Crippen LogP contribution in [0.15, 0.2) is 24.5 Å². The molecule has 0 bridgehead atoms. The van der Waals surface area contributed by atoms with Gasteiger partial charge in [0.15, 0.2) is 5.82 Å². The first kappa shape index (κ1) is 12.2. The van der Waals surface area contributed by atoms with E-state index in [0.717, 1.165) is 12.3 Å². The molecule has 2 aromatic rings. The molecule has 0 aromatic carbocycles. The van der Waals surface area contributed by atoms with Crippen LogP contribution in [0, 0.1) is 11.6 Å². The maximum Gasteiger partial charge on any atom is 0.222 e. The van der Waals surface area contributed by atoms with Crippen LogP contribution in [0.4, 0.5) is 14.6 Å². The highest BCUT2D eigenvalue weighted by Gasteiger charge is 2.07. The molecule has 0 spiro atoms. The lowest BCUT2D eigenvalue weighted by molar-refractivity contribution is -0.114. The number of carbonyl (C=O) groups is 1. The van der Waals surface area contributed by atoms with Crippen LogP contribution in [0.2, 0.25) is 0 Å². The average Bonchev–Trinajstić information content (AvgIpc) is 2.69. The predicted molar refractivity (Wildman–Crippen MR) is 59.8 cm³/mol. The average molecular weight is 252 g/mol. The number of halogens is 2. The fraction of sp³-hybridized carbons (Fsp3) is 0.182. The first-order valence-electron chi connectivity index (χ1n) is 5.15. The van der Waals surface area contributed by atoms with Crippen molar-refractivity contribution in [3.05, 3.63) is 41.9 Å². The van der Waals surface area contributed by atoms with Crippen molar-refractivity contribution in [3.8, 4) is 0 Å². The molecule has 0 aliphatic heterocycles. The molecule has 94 valence electrons. The molecule has 7 heteroatoms. The van der Waals surface area contributed by atoms with Gasteiger partial charge in [-0.2, -0.15) is 5.10 Å². The van der Waals surface area contributed by atoms with Crippen LogP contribution in [0.5, 0.6) is 0 Å². The number of nitrogens with one attached hydrogen (secondary N) is 1. The lowest BCUT2D eigenvalue weighted by atomic mass is 10.3. The minimum atomic E-state index is -0.730. The maximum atomic E-state index is 13.3. The summed E-state index contributed by atoms with van der Waals surface area (Å²) >= 11 is 0. The second kappa shape index (κ2) is 4.91. The molecule has 2 aromatic heterocycles. The molecule has 0 saturated heterocycles. The number of pyridine rings is 1. The van der Waals surface area contributed by atoms with Crippen molar-refractivity contribution in [3.63, 3.8) is 0 Å². The van der Waals surface area contributed by atoms with Crippen LogP contribution >= 0.6 is 0 Å². The Kier molecular flexibility index (Phi) is 3.31. The van der Waals surface area contributed by atoms with Gasteiger partial charge in [-0.1, -0.05) is 0 Å². The third kappa shape index (κ3) is 2.88. The molecule has 1 N–H and O–H groups in total. The summed E-state index contributed by atoms with van der Waals surface area (Å²) in [5, 5.41) is 6.48. The second-order valence-electron chi connectivity index (χ2n) is 3.66. The molecule has 0 atom stereocenters. The van der Waals surface area contributed by atoms with Crippen LogP contribution in [-0.2, 0) is 11.3 Å². The Morgan fingerprint density at radius 2 is 2.28 bits per heavy atom. The standard InChI is InChI=1S/C11H10F2N4O/c1-7(18)15-11-2-3-17(16-11)6-10-9(13)4-8(12)5-14-10/h2-5H,6H2,1H3,(H,15,16,18). The first-order chi connectivity index (χ1) is 8.54. The Morgan fingerprint density at radius 3 is 2.94 bits per heavy atom. The number of amides is 1. The van der Waals surface area contributed by atoms with Crippen molar-refractivity contribution in [2.24, 2.45) is 0 Å². The van der Waals surface area contributed by atoms with Crippen molar-refractivity contribution in [1.29, 1.82) is 0 Å². The van der Waals surface area contributed by atoms with Gasteiger partial charge in [-0.05, 0) is 0 Å². The Labute approximate surface area is 101 Å². The SMILES string of the molecule is CC(=O)Nc1ccn(Cc2ncc(F)cc2F)n1. The lowest BCUT2D eigenvalue weighted by Gasteiger charge is -2.02. The van der Waals surface area contributed by atoms with Gasteiger partial charge in [-0.3, -0.25) is 14.5 Å². The fourth-order valence-corrected chi connectivity index (χ4v) is 1.41. The Morgan fingerprint density at radius 1 is 1.50 bits per heavy atom. The molecule has 1 amide bonds. The Balaban J connectivity index is 2.13. The Bertz CT molecular complexity index is 582. The van der Waals surface area contributed by atoms with Gasteiger partial charge >= 0.3 is 0 Å². The summed E-state index contributed by atoms with van der Waals surface area (Å²) < 4.78 is 27.4. The van der Waals surface area contributed by atoms with Crippen molar-refractivity contribution >= 4 is 11.7 Å².